The number of rotatable bonds is 3. The lowest BCUT2D eigenvalue weighted by molar-refractivity contribution is -0.117. The van der Waals surface area contributed by atoms with Crippen LogP contribution in [0.5, 0.6) is 0 Å². The van der Waals surface area contributed by atoms with Crippen molar-refractivity contribution in [2.75, 3.05) is 23.6 Å². The molecule has 1 aliphatic heterocycles. The number of halogens is 2. The maximum Gasteiger partial charge on any atom is 0.227 e. The van der Waals surface area contributed by atoms with Gasteiger partial charge >= 0.3 is 0 Å². The first-order valence-corrected chi connectivity index (χ1v) is 8.11. The summed E-state index contributed by atoms with van der Waals surface area (Å²) in [5.74, 6) is -0.572. The third-order valence-corrected chi connectivity index (χ3v) is 4.61. The van der Waals surface area contributed by atoms with Gasteiger partial charge in [0, 0.05) is 25.1 Å². The molecule has 1 atom stereocenters. The fourth-order valence-corrected chi connectivity index (χ4v) is 2.90. The second-order valence-corrected chi connectivity index (χ2v) is 6.94. The maximum absolute atomic E-state index is 13.8. The van der Waals surface area contributed by atoms with Crippen LogP contribution < -0.4 is 4.90 Å². The Bertz CT molecular complexity index is 617. The lowest BCUT2D eigenvalue weighted by Gasteiger charge is -2.18. The van der Waals surface area contributed by atoms with E-state index in [4.69, 9.17) is 11.6 Å². The zero-order chi connectivity index (χ0) is 14.2. The standard InChI is InChI=1S/C12H13ClFNO3S/c1-19(17,18)9-2-3-10(14)11(5-9)15-7-8(6-13)4-12(15)16/h2-3,5,8H,4,6-7H2,1H3. The zero-order valence-corrected chi connectivity index (χ0v) is 11.8. The highest BCUT2D eigenvalue weighted by atomic mass is 35.5. The SMILES string of the molecule is CS(=O)(=O)c1ccc(F)c(N2CC(CCl)CC2=O)c1. The van der Waals surface area contributed by atoms with Crippen LogP contribution >= 0.6 is 11.6 Å². The Morgan fingerprint density at radius 1 is 1.47 bits per heavy atom. The van der Waals surface area contributed by atoms with Gasteiger partial charge in [-0.1, -0.05) is 0 Å². The Morgan fingerprint density at radius 3 is 2.68 bits per heavy atom. The van der Waals surface area contributed by atoms with E-state index in [1.165, 1.54) is 17.0 Å². The van der Waals surface area contributed by atoms with E-state index < -0.39 is 15.7 Å². The molecule has 7 heteroatoms. The number of hydrogen-bond donors (Lipinski definition) is 0. The van der Waals surface area contributed by atoms with E-state index in [1.54, 1.807) is 0 Å². The Kier molecular flexibility index (Phi) is 3.82. The van der Waals surface area contributed by atoms with E-state index in [0.717, 1.165) is 12.3 Å². The van der Waals surface area contributed by atoms with E-state index in [1.807, 2.05) is 0 Å². The first kappa shape index (κ1) is 14.3. The highest BCUT2D eigenvalue weighted by Crippen LogP contribution is 2.29. The van der Waals surface area contributed by atoms with Crippen molar-refractivity contribution in [2.45, 2.75) is 11.3 Å². The molecule has 4 nitrogen and oxygen atoms in total. The summed E-state index contributed by atoms with van der Waals surface area (Å²) in [7, 11) is -3.44. The van der Waals surface area contributed by atoms with Gasteiger partial charge in [-0.2, -0.15) is 0 Å². The summed E-state index contributed by atoms with van der Waals surface area (Å²) in [4.78, 5) is 13.1. The molecule has 0 saturated carbocycles. The van der Waals surface area contributed by atoms with Crippen molar-refractivity contribution in [3.05, 3.63) is 24.0 Å². The van der Waals surface area contributed by atoms with Crippen molar-refractivity contribution < 1.29 is 17.6 Å². The average Bonchev–Trinajstić information content (AvgIpc) is 2.69. The van der Waals surface area contributed by atoms with Crippen molar-refractivity contribution in [2.24, 2.45) is 5.92 Å². The van der Waals surface area contributed by atoms with Crippen molar-refractivity contribution in [3.8, 4) is 0 Å². The summed E-state index contributed by atoms with van der Waals surface area (Å²) in [6, 6.07) is 3.44. The van der Waals surface area contributed by atoms with Gasteiger partial charge in [-0.15, -0.1) is 11.6 Å². The van der Waals surface area contributed by atoms with Gasteiger partial charge in [-0.3, -0.25) is 4.79 Å². The number of sulfone groups is 1. The van der Waals surface area contributed by atoms with Gasteiger partial charge in [0.05, 0.1) is 10.6 Å². The van der Waals surface area contributed by atoms with Gasteiger partial charge in [0.25, 0.3) is 0 Å². The molecule has 0 spiro atoms. The number of anilines is 1. The predicted molar refractivity (Wildman–Crippen MR) is 70.7 cm³/mol. The number of carbonyl (C=O) groups is 1. The molecule has 1 fully saturated rings. The molecule has 1 aliphatic rings. The Balaban J connectivity index is 2.42. The highest BCUT2D eigenvalue weighted by Gasteiger charge is 2.32. The average molecular weight is 306 g/mol. The molecular weight excluding hydrogens is 293 g/mol. The van der Waals surface area contributed by atoms with Crippen molar-refractivity contribution in [1.82, 2.24) is 0 Å². The topological polar surface area (TPSA) is 54.5 Å². The largest absolute Gasteiger partial charge is 0.309 e. The van der Waals surface area contributed by atoms with Crippen molar-refractivity contribution in [3.63, 3.8) is 0 Å². The van der Waals surface area contributed by atoms with Crippen molar-refractivity contribution >= 4 is 33.0 Å². The van der Waals surface area contributed by atoms with Crippen LogP contribution in [0.2, 0.25) is 0 Å². The molecule has 0 bridgehead atoms. The molecule has 104 valence electrons. The van der Waals surface area contributed by atoms with Crippen LogP contribution in [0.15, 0.2) is 23.1 Å². The highest BCUT2D eigenvalue weighted by molar-refractivity contribution is 7.90. The fourth-order valence-electron chi connectivity index (χ4n) is 2.05. The monoisotopic (exact) mass is 305 g/mol. The normalized spacial score (nSPS) is 20.1. The smallest absolute Gasteiger partial charge is 0.227 e. The lowest BCUT2D eigenvalue weighted by atomic mass is 10.1. The minimum Gasteiger partial charge on any atom is -0.309 e. The van der Waals surface area contributed by atoms with Crippen LogP contribution in [0, 0.1) is 11.7 Å². The molecule has 0 radical (unpaired) electrons. The molecule has 0 aromatic heterocycles. The molecule has 1 unspecified atom stereocenters. The molecule has 2 rings (SSSR count). The van der Waals surface area contributed by atoms with Crippen LogP contribution in [0.1, 0.15) is 6.42 Å². The minimum atomic E-state index is -3.44. The molecule has 1 aromatic rings. The molecule has 0 aliphatic carbocycles. The van der Waals surface area contributed by atoms with Gasteiger partial charge < -0.3 is 4.90 Å². The summed E-state index contributed by atoms with van der Waals surface area (Å²) in [6.45, 7) is 0.312. The zero-order valence-electron chi connectivity index (χ0n) is 10.3. The molecule has 1 heterocycles. The molecule has 19 heavy (non-hydrogen) atoms. The summed E-state index contributed by atoms with van der Waals surface area (Å²) in [6.07, 6.45) is 1.30. The van der Waals surface area contributed by atoms with E-state index in [9.17, 15) is 17.6 Å². The minimum absolute atomic E-state index is 0.000502. The number of benzene rings is 1. The molecule has 0 N–H and O–H groups in total. The van der Waals surface area contributed by atoms with Gasteiger partial charge in [0.15, 0.2) is 9.84 Å². The maximum atomic E-state index is 13.8. The first-order valence-electron chi connectivity index (χ1n) is 5.69. The van der Waals surface area contributed by atoms with E-state index in [-0.39, 0.29) is 28.8 Å². The molecule has 1 saturated heterocycles. The first-order chi connectivity index (χ1) is 8.82. The fraction of sp³-hybridized carbons (Fsp3) is 0.417. The van der Waals surface area contributed by atoms with E-state index in [0.29, 0.717) is 12.4 Å². The predicted octanol–water partition coefficient (Wildman–Crippen LogP) is 1.82. The van der Waals surface area contributed by atoms with Crippen LogP contribution in [0.4, 0.5) is 10.1 Å². The van der Waals surface area contributed by atoms with Crippen LogP contribution in [-0.2, 0) is 14.6 Å². The van der Waals surface area contributed by atoms with Gasteiger partial charge in [0.1, 0.15) is 5.82 Å². The quantitative estimate of drug-likeness (QED) is 0.632. The van der Waals surface area contributed by atoms with Crippen LogP contribution in [-0.4, -0.2) is 33.0 Å². The Hall–Kier alpha value is -1.14. The third kappa shape index (κ3) is 2.90. The van der Waals surface area contributed by atoms with Crippen LogP contribution in [0.25, 0.3) is 0 Å². The summed E-state index contributed by atoms with van der Waals surface area (Å²) >= 11 is 5.70. The number of nitrogens with zero attached hydrogens (tertiary/aromatic N) is 1. The summed E-state index contributed by atoms with van der Waals surface area (Å²) in [5.41, 5.74) is 0.000502. The van der Waals surface area contributed by atoms with Crippen molar-refractivity contribution in [1.29, 1.82) is 0 Å². The molecule has 1 aromatic carbocycles. The lowest BCUT2D eigenvalue weighted by Crippen LogP contribution is -2.26. The van der Waals surface area contributed by atoms with Crippen LogP contribution in [0.3, 0.4) is 0 Å². The van der Waals surface area contributed by atoms with Gasteiger partial charge in [0.2, 0.25) is 5.91 Å². The number of amides is 1. The number of hydrogen-bond acceptors (Lipinski definition) is 3. The second kappa shape index (κ2) is 5.09. The summed E-state index contributed by atoms with van der Waals surface area (Å²) in [5, 5.41) is 0. The van der Waals surface area contributed by atoms with E-state index >= 15 is 0 Å². The van der Waals surface area contributed by atoms with Gasteiger partial charge in [-0.05, 0) is 24.1 Å². The Labute approximate surface area is 116 Å². The third-order valence-electron chi connectivity index (χ3n) is 3.06. The molecule has 1 amide bonds. The second-order valence-electron chi connectivity index (χ2n) is 4.61. The molecular formula is C12H13ClFNO3S. The van der Waals surface area contributed by atoms with E-state index in [2.05, 4.69) is 0 Å². The van der Waals surface area contributed by atoms with Gasteiger partial charge in [-0.25, -0.2) is 12.8 Å². The summed E-state index contributed by atoms with van der Waals surface area (Å²) < 4.78 is 36.7. The number of carbonyl (C=O) groups excluding carboxylic acids is 1. The Morgan fingerprint density at radius 2 is 2.16 bits per heavy atom. The number of alkyl halides is 1.